The maximum atomic E-state index is 14.3. The van der Waals surface area contributed by atoms with Gasteiger partial charge >= 0.3 is 12.2 Å². The number of anilines is 3. The van der Waals surface area contributed by atoms with Gasteiger partial charge in [-0.05, 0) is 89.4 Å². The topological polar surface area (TPSA) is 147 Å². The summed E-state index contributed by atoms with van der Waals surface area (Å²) in [5, 5.41) is 8.49. The fourth-order valence-electron chi connectivity index (χ4n) is 6.21. The molecule has 1 aliphatic carbocycles. The van der Waals surface area contributed by atoms with E-state index in [1.54, 1.807) is 67.0 Å². The summed E-state index contributed by atoms with van der Waals surface area (Å²) in [6, 6.07) is 10.8. The van der Waals surface area contributed by atoms with E-state index in [1.165, 1.54) is 11.8 Å². The predicted molar refractivity (Wildman–Crippen MR) is 183 cm³/mol. The Morgan fingerprint density at radius 2 is 1.63 bits per heavy atom. The molecule has 13 heteroatoms. The molecule has 1 aliphatic heterocycles. The van der Waals surface area contributed by atoms with Crippen LogP contribution in [0.15, 0.2) is 42.6 Å². The van der Waals surface area contributed by atoms with Crippen molar-refractivity contribution in [3.05, 3.63) is 59.5 Å². The summed E-state index contributed by atoms with van der Waals surface area (Å²) >= 11 is 0. The third-order valence-corrected chi connectivity index (χ3v) is 8.47. The van der Waals surface area contributed by atoms with E-state index in [1.807, 2.05) is 38.1 Å². The number of fused-ring (bicyclic) bond motifs is 3. The normalized spacial score (nSPS) is 18.6. The summed E-state index contributed by atoms with van der Waals surface area (Å²) in [5.41, 5.74) is -0.194. The molecule has 1 saturated carbocycles. The highest BCUT2D eigenvalue weighted by molar-refractivity contribution is 6.23. The molecule has 258 valence electrons. The molecule has 1 N–H and O–H groups in total. The van der Waals surface area contributed by atoms with Gasteiger partial charge < -0.3 is 24.3 Å². The Morgan fingerprint density at radius 3 is 2.27 bits per heavy atom. The average Bonchev–Trinajstić information content (AvgIpc) is 3.60. The highest BCUT2D eigenvalue weighted by Gasteiger charge is 2.68. The average molecular weight is 671 g/mol. The van der Waals surface area contributed by atoms with Crippen molar-refractivity contribution >= 4 is 46.3 Å². The van der Waals surface area contributed by atoms with Crippen LogP contribution in [0.3, 0.4) is 0 Å². The number of carbonyl (C=O) groups is 3. The van der Waals surface area contributed by atoms with Crippen LogP contribution in [0.25, 0.3) is 10.9 Å². The van der Waals surface area contributed by atoms with Gasteiger partial charge in [-0.2, -0.15) is 4.68 Å². The van der Waals surface area contributed by atoms with Crippen LogP contribution in [-0.2, 0) is 19.7 Å². The van der Waals surface area contributed by atoms with Crippen molar-refractivity contribution < 1.29 is 33.3 Å². The first-order valence-electron chi connectivity index (χ1n) is 16.2. The Kier molecular flexibility index (Phi) is 8.07. The summed E-state index contributed by atoms with van der Waals surface area (Å²) in [5.74, 6) is 1.72. The predicted octanol–water partition coefficient (Wildman–Crippen LogP) is 7.20. The number of hydrogen-bond donors (Lipinski definition) is 1. The highest BCUT2D eigenvalue weighted by Crippen LogP contribution is 2.67. The zero-order valence-corrected chi connectivity index (χ0v) is 29.5. The van der Waals surface area contributed by atoms with Gasteiger partial charge in [0.1, 0.15) is 22.8 Å². The minimum Gasteiger partial charge on any atom is -0.497 e. The van der Waals surface area contributed by atoms with E-state index in [0.717, 1.165) is 10.5 Å². The van der Waals surface area contributed by atoms with Crippen LogP contribution in [-0.4, -0.2) is 63.3 Å². The van der Waals surface area contributed by atoms with E-state index >= 15 is 0 Å². The van der Waals surface area contributed by atoms with Crippen LogP contribution in [0, 0.1) is 0 Å². The Bertz CT molecular complexity index is 1990. The molecule has 2 aliphatic rings. The lowest BCUT2D eigenvalue weighted by Gasteiger charge is -2.24. The fraction of sp³-hybridized carbons (Fsp3) is 0.444. The van der Waals surface area contributed by atoms with Crippen molar-refractivity contribution in [2.45, 2.75) is 90.3 Å². The number of hydrogen-bond acceptors (Lipinski definition) is 11. The van der Waals surface area contributed by atoms with Crippen LogP contribution >= 0.6 is 0 Å². The van der Waals surface area contributed by atoms with Crippen molar-refractivity contribution in [2.24, 2.45) is 0 Å². The van der Waals surface area contributed by atoms with E-state index < -0.39 is 28.8 Å². The Balaban J connectivity index is 1.44. The molecule has 0 saturated heterocycles. The Labute approximate surface area is 284 Å². The van der Waals surface area contributed by atoms with Gasteiger partial charge in [-0.1, -0.05) is 19.9 Å². The SMILES string of the molecule is COc1ccc2c(c1)[C@]1(C[C@H]1c1ccc3c(Nc4nc(C(C)C)ncc4OC)nn(C(=O)OC(C)(C)C)c3c1)C(=O)N2C(=O)OC(C)(C)C. The lowest BCUT2D eigenvalue weighted by molar-refractivity contribution is -0.120. The number of ether oxygens (including phenoxy) is 4. The fourth-order valence-corrected chi connectivity index (χ4v) is 6.21. The quantitative estimate of drug-likeness (QED) is 0.222. The van der Waals surface area contributed by atoms with Gasteiger partial charge in [0, 0.05) is 17.2 Å². The zero-order valence-electron chi connectivity index (χ0n) is 29.5. The van der Waals surface area contributed by atoms with E-state index in [-0.39, 0.29) is 17.7 Å². The summed E-state index contributed by atoms with van der Waals surface area (Å²) in [4.78, 5) is 51.3. The molecule has 13 nitrogen and oxygen atoms in total. The van der Waals surface area contributed by atoms with Crippen LogP contribution in [0.1, 0.15) is 90.6 Å². The van der Waals surface area contributed by atoms with E-state index in [2.05, 4.69) is 20.4 Å². The van der Waals surface area contributed by atoms with Crippen molar-refractivity contribution in [3.63, 3.8) is 0 Å². The van der Waals surface area contributed by atoms with Gasteiger partial charge in [0.25, 0.3) is 0 Å². The molecule has 0 bridgehead atoms. The molecule has 49 heavy (non-hydrogen) atoms. The summed E-state index contributed by atoms with van der Waals surface area (Å²) < 4.78 is 23.6. The van der Waals surface area contributed by atoms with Crippen LogP contribution in [0.4, 0.5) is 26.9 Å². The molecule has 0 unspecified atom stereocenters. The molecule has 2 aromatic carbocycles. The second kappa shape index (κ2) is 11.7. The molecule has 1 fully saturated rings. The molecule has 2 aromatic heterocycles. The van der Waals surface area contributed by atoms with E-state index in [9.17, 15) is 14.4 Å². The van der Waals surface area contributed by atoms with Crippen molar-refractivity contribution in [1.82, 2.24) is 19.7 Å². The number of carbonyl (C=O) groups excluding carboxylic acids is 3. The van der Waals surface area contributed by atoms with Crippen LogP contribution in [0.5, 0.6) is 11.5 Å². The molecule has 4 aromatic rings. The number of amides is 2. The molecule has 3 heterocycles. The van der Waals surface area contributed by atoms with Gasteiger partial charge in [-0.3, -0.25) is 4.79 Å². The smallest absolute Gasteiger partial charge is 0.435 e. The van der Waals surface area contributed by atoms with Gasteiger partial charge in [-0.15, -0.1) is 5.10 Å². The maximum Gasteiger partial charge on any atom is 0.435 e. The largest absolute Gasteiger partial charge is 0.497 e. The second-order valence-electron chi connectivity index (χ2n) is 14.7. The number of nitrogens with zero attached hydrogens (tertiary/aromatic N) is 5. The first-order valence-corrected chi connectivity index (χ1v) is 16.2. The second-order valence-corrected chi connectivity index (χ2v) is 14.7. The van der Waals surface area contributed by atoms with Crippen molar-refractivity contribution in [1.29, 1.82) is 0 Å². The third kappa shape index (κ3) is 6.02. The number of methoxy groups -OCH3 is 2. The number of rotatable bonds is 6. The van der Waals surface area contributed by atoms with E-state index in [4.69, 9.17) is 18.9 Å². The van der Waals surface area contributed by atoms with E-state index in [0.29, 0.717) is 57.5 Å². The molecule has 2 atom stereocenters. The Morgan fingerprint density at radius 1 is 0.939 bits per heavy atom. The molecule has 6 rings (SSSR count). The van der Waals surface area contributed by atoms with Gasteiger partial charge in [-0.25, -0.2) is 24.5 Å². The van der Waals surface area contributed by atoms with Crippen LogP contribution < -0.4 is 19.7 Å². The third-order valence-electron chi connectivity index (χ3n) is 8.47. The number of benzene rings is 2. The highest BCUT2D eigenvalue weighted by atomic mass is 16.6. The van der Waals surface area contributed by atoms with Crippen molar-refractivity contribution in [2.75, 3.05) is 24.4 Å². The molecule has 0 radical (unpaired) electrons. The number of imide groups is 1. The summed E-state index contributed by atoms with van der Waals surface area (Å²) in [6.07, 6.45) is 0.628. The minimum atomic E-state index is -1.02. The van der Waals surface area contributed by atoms with Crippen LogP contribution in [0.2, 0.25) is 0 Å². The first kappa shape index (κ1) is 33.7. The lowest BCUT2D eigenvalue weighted by Crippen LogP contribution is -2.41. The van der Waals surface area contributed by atoms with Gasteiger partial charge in [0.2, 0.25) is 5.91 Å². The number of aromatic nitrogens is 4. The molecule has 2 amide bonds. The van der Waals surface area contributed by atoms with Gasteiger partial charge in [0.05, 0.1) is 37.0 Å². The maximum absolute atomic E-state index is 14.3. The standard InChI is InChI=1S/C36H42N6O7/c1-19(2)28-37-18-27(47-10)30(38-28)39-29-22-13-11-20(15-26(22)42(40-29)33(45)49-35(6,7)8)24-17-36(24)23-16-21(46-9)12-14-25(23)41(31(36)43)32(44)48-34(3,4)5/h11-16,18-19,24H,17H2,1-10H3,(H,37,38,39,40)/t24-,36-/m0/s1. The zero-order chi connectivity index (χ0) is 35.6. The molecular weight excluding hydrogens is 628 g/mol. The minimum absolute atomic E-state index is 0.0607. The summed E-state index contributed by atoms with van der Waals surface area (Å²) in [6.45, 7) is 14.6. The van der Waals surface area contributed by atoms with Gasteiger partial charge in [0.15, 0.2) is 17.4 Å². The first-order chi connectivity index (χ1) is 23.0. The Hall–Kier alpha value is -5.20. The molecule has 1 spiro atoms. The summed E-state index contributed by atoms with van der Waals surface area (Å²) in [7, 11) is 3.08. The number of nitrogens with one attached hydrogen (secondary N) is 1. The van der Waals surface area contributed by atoms with Crippen molar-refractivity contribution in [3.8, 4) is 11.5 Å². The monoisotopic (exact) mass is 670 g/mol. The molecular formula is C36H42N6O7. The lowest BCUT2D eigenvalue weighted by atomic mass is 9.91.